The molecule has 0 atom stereocenters. The van der Waals surface area contributed by atoms with Crippen molar-refractivity contribution in [3.63, 3.8) is 0 Å². The van der Waals surface area contributed by atoms with E-state index in [1.807, 2.05) is 37.3 Å². The molecule has 20 heavy (non-hydrogen) atoms. The minimum atomic E-state index is -0.180. The minimum absolute atomic E-state index is 0.180. The second kappa shape index (κ2) is 7.24. The Morgan fingerprint density at radius 1 is 1.10 bits per heavy atom. The van der Waals surface area contributed by atoms with Gasteiger partial charge in [-0.05, 0) is 37.5 Å². The molecule has 2 rings (SSSR count). The number of nitrogens with zero attached hydrogens (tertiary/aromatic N) is 1. The summed E-state index contributed by atoms with van der Waals surface area (Å²) < 4.78 is 0. The molecule has 0 aliphatic heterocycles. The van der Waals surface area contributed by atoms with Crippen molar-refractivity contribution in [3.05, 3.63) is 71.3 Å². The topological polar surface area (TPSA) is 41.5 Å². The number of hydrogen-bond donors (Lipinski definition) is 1. The van der Waals surface area contributed by atoms with Crippen LogP contribution in [0.15, 0.2) is 59.7 Å². The third-order valence-electron chi connectivity index (χ3n) is 2.98. The average molecular weight is 266 g/mol. The molecule has 0 aliphatic rings. The van der Waals surface area contributed by atoms with E-state index in [1.54, 1.807) is 18.3 Å². The molecule has 102 valence electrons. The maximum atomic E-state index is 11.8. The molecule has 0 saturated carbocycles. The van der Waals surface area contributed by atoms with E-state index in [9.17, 15) is 4.79 Å². The predicted octanol–water partition coefficient (Wildman–Crippen LogP) is 3.34. The molecular formula is C17H18N2O. The van der Waals surface area contributed by atoms with E-state index in [-0.39, 0.29) is 5.91 Å². The van der Waals surface area contributed by atoms with Crippen LogP contribution in [0.3, 0.4) is 0 Å². The van der Waals surface area contributed by atoms with Gasteiger partial charge in [0.15, 0.2) is 0 Å². The first-order valence-corrected chi connectivity index (χ1v) is 6.68. The predicted molar refractivity (Wildman–Crippen MR) is 81.9 cm³/mol. The van der Waals surface area contributed by atoms with Gasteiger partial charge in [0.05, 0.1) is 0 Å². The van der Waals surface area contributed by atoms with Crippen LogP contribution in [0.25, 0.3) is 0 Å². The fraction of sp³-hybridized carbons (Fsp3) is 0.176. The van der Waals surface area contributed by atoms with E-state index >= 15 is 0 Å². The van der Waals surface area contributed by atoms with Crippen molar-refractivity contribution in [1.82, 2.24) is 5.43 Å². The zero-order chi connectivity index (χ0) is 14.2. The van der Waals surface area contributed by atoms with Gasteiger partial charge in [-0.25, -0.2) is 5.43 Å². The number of hydrogen-bond acceptors (Lipinski definition) is 2. The number of carbonyl (C=O) groups excluding carboxylic acids is 1. The zero-order valence-electron chi connectivity index (χ0n) is 11.5. The smallest absolute Gasteiger partial charge is 0.267 e. The molecule has 1 amide bonds. The van der Waals surface area contributed by atoms with Crippen molar-refractivity contribution in [1.29, 1.82) is 0 Å². The van der Waals surface area contributed by atoms with E-state index in [2.05, 4.69) is 22.7 Å². The molecule has 0 spiro atoms. The molecule has 3 nitrogen and oxygen atoms in total. The van der Waals surface area contributed by atoms with Crippen molar-refractivity contribution in [2.24, 2.45) is 5.10 Å². The number of benzene rings is 2. The average Bonchev–Trinajstić information content (AvgIpc) is 2.48. The minimum Gasteiger partial charge on any atom is -0.267 e. The van der Waals surface area contributed by atoms with Crippen LogP contribution in [0.4, 0.5) is 0 Å². The first kappa shape index (κ1) is 14.0. The van der Waals surface area contributed by atoms with Crippen molar-refractivity contribution in [2.75, 3.05) is 0 Å². The van der Waals surface area contributed by atoms with Gasteiger partial charge in [0.25, 0.3) is 5.91 Å². The summed E-state index contributed by atoms with van der Waals surface area (Å²) in [4.78, 5) is 11.8. The molecule has 0 bridgehead atoms. The Hall–Kier alpha value is -2.42. The highest BCUT2D eigenvalue weighted by Gasteiger charge is 2.02. The highest BCUT2D eigenvalue weighted by molar-refractivity contribution is 5.94. The molecule has 0 saturated heterocycles. The van der Waals surface area contributed by atoms with Crippen molar-refractivity contribution < 1.29 is 4.79 Å². The van der Waals surface area contributed by atoms with Gasteiger partial charge in [-0.3, -0.25) is 4.79 Å². The molecule has 2 aromatic carbocycles. The maximum Gasteiger partial charge on any atom is 0.271 e. The number of aryl methyl sites for hydroxylation is 2. The number of carbonyl (C=O) groups is 1. The van der Waals surface area contributed by atoms with Gasteiger partial charge in [-0.1, -0.05) is 48.0 Å². The van der Waals surface area contributed by atoms with Crippen molar-refractivity contribution >= 4 is 12.1 Å². The van der Waals surface area contributed by atoms with Gasteiger partial charge in [-0.15, -0.1) is 0 Å². The highest BCUT2D eigenvalue weighted by atomic mass is 16.2. The van der Waals surface area contributed by atoms with Crippen molar-refractivity contribution in [3.8, 4) is 0 Å². The van der Waals surface area contributed by atoms with Crippen LogP contribution in [0.5, 0.6) is 0 Å². The second-order valence-electron chi connectivity index (χ2n) is 4.64. The first-order chi connectivity index (χ1) is 9.75. The van der Waals surface area contributed by atoms with Crippen LogP contribution in [-0.4, -0.2) is 12.1 Å². The summed E-state index contributed by atoms with van der Waals surface area (Å²) >= 11 is 0. The summed E-state index contributed by atoms with van der Waals surface area (Å²) in [5.74, 6) is -0.180. The number of hydrazone groups is 1. The molecule has 1 N–H and O–H groups in total. The lowest BCUT2D eigenvalue weighted by Gasteiger charge is -2.00. The third kappa shape index (κ3) is 4.35. The van der Waals surface area contributed by atoms with Crippen LogP contribution in [0, 0.1) is 6.92 Å². The zero-order valence-corrected chi connectivity index (χ0v) is 11.5. The number of nitrogens with one attached hydrogen (secondary N) is 1. The Morgan fingerprint density at radius 3 is 2.50 bits per heavy atom. The standard InChI is InChI=1S/C17H18N2O/c1-14-9-11-16(12-10-14)17(20)19-18-13-5-8-15-6-3-2-4-7-15/h2-4,6-7,9-13H,5,8H2,1H3,(H,19,20). The van der Waals surface area contributed by atoms with Gasteiger partial charge in [0.1, 0.15) is 0 Å². The monoisotopic (exact) mass is 266 g/mol. The second-order valence-corrected chi connectivity index (χ2v) is 4.64. The Bertz CT molecular complexity index is 574. The molecular weight excluding hydrogens is 248 g/mol. The summed E-state index contributed by atoms with van der Waals surface area (Å²) in [5.41, 5.74) is 5.56. The Morgan fingerprint density at radius 2 is 1.80 bits per heavy atom. The largest absolute Gasteiger partial charge is 0.271 e. The Labute approximate surface area is 119 Å². The van der Waals surface area contributed by atoms with Crippen LogP contribution < -0.4 is 5.43 Å². The van der Waals surface area contributed by atoms with Crippen LogP contribution in [0.2, 0.25) is 0 Å². The number of amides is 1. The summed E-state index contributed by atoms with van der Waals surface area (Å²) in [6.45, 7) is 1.99. The Kier molecular flexibility index (Phi) is 5.07. The molecule has 0 heterocycles. The van der Waals surface area contributed by atoms with Gasteiger partial charge < -0.3 is 0 Å². The molecule has 2 aromatic rings. The quantitative estimate of drug-likeness (QED) is 0.654. The summed E-state index contributed by atoms with van der Waals surface area (Å²) in [6.07, 6.45) is 3.46. The van der Waals surface area contributed by atoms with Crippen LogP contribution in [-0.2, 0) is 6.42 Å². The third-order valence-corrected chi connectivity index (χ3v) is 2.98. The van der Waals surface area contributed by atoms with Gasteiger partial charge in [-0.2, -0.15) is 5.10 Å². The molecule has 0 radical (unpaired) electrons. The van der Waals surface area contributed by atoms with Crippen LogP contribution in [0.1, 0.15) is 27.9 Å². The first-order valence-electron chi connectivity index (χ1n) is 6.68. The molecule has 0 unspecified atom stereocenters. The molecule has 0 aromatic heterocycles. The van der Waals surface area contributed by atoms with Gasteiger partial charge >= 0.3 is 0 Å². The lowest BCUT2D eigenvalue weighted by Crippen LogP contribution is -2.17. The fourth-order valence-corrected chi connectivity index (χ4v) is 1.81. The van der Waals surface area contributed by atoms with E-state index in [1.165, 1.54) is 5.56 Å². The highest BCUT2D eigenvalue weighted by Crippen LogP contribution is 2.03. The van der Waals surface area contributed by atoms with E-state index < -0.39 is 0 Å². The normalized spacial score (nSPS) is 10.7. The lowest BCUT2D eigenvalue weighted by atomic mass is 10.1. The Balaban J connectivity index is 1.76. The molecule has 3 heteroatoms. The van der Waals surface area contributed by atoms with E-state index in [0.717, 1.165) is 18.4 Å². The van der Waals surface area contributed by atoms with Gasteiger partial charge in [0.2, 0.25) is 0 Å². The van der Waals surface area contributed by atoms with E-state index in [0.29, 0.717) is 5.56 Å². The molecule has 0 aliphatic carbocycles. The van der Waals surface area contributed by atoms with Crippen LogP contribution >= 0.6 is 0 Å². The number of rotatable bonds is 5. The SMILES string of the molecule is Cc1ccc(C(=O)NN=CCCc2ccccc2)cc1. The molecule has 0 fully saturated rings. The van der Waals surface area contributed by atoms with E-state index in [4.69, 9.17) is 0 Å². The summed E-state index contributed by atoms with van der Waals surface area (Å²) in [5, 5.41) is 3.96. The maximum absolute atomic E-state index is 11.8. The summed E-state index contributed by atoms with van der Waals surface area (Å²) in [6, 6.07) is 17.6. The van der Waals surface area contributed by atoms with Crippen molar-refractivity contribution in [2.45, 2.75) is 19.8 Å². The summed E-state index contributed by atoms with van der Waals surface area (Å²) in [7, 11) is 0. The lowest BCUT2D eigenvalue weighted by molar-refractivity contribution is 0.0955. The fourth-order valence-electron chi connectivity index (χ4n) is 1.81. The van der Waals surface area contributed by atoms with Gasteiger partial charge in [0, 0.05) is 11.8 Å².